The van der Waals surface area contributed by atoms with E-state index in [0.29, 0.717) is 16.1 Å². The summed E-state index contributed by atoms with van der Waals surface area (Å²) >= 11 is 12.1. The number of nitrogens with one attached hydrogen (secondary N) is 1. The maximum Gasteiger partial charge on any atom is 0.134 e. The van der Waals surface area contributed by atoms with Gasteiger partial charge in [0, 0.05) is 28.2 Å². The van der Waals surface area contributed by atoms with Crippen molar-refractivity contribution in [1.82, 2.24) is 10.2 Å². The Morgan fingerprint density at radius 3 is 2.48 bits per heavy atom. The number of fused-ring (bicyclic) bond motifs is 3. The van der Waals surface area contributed by atoms with Gasteiger partial charge in [0.2, 0.25) is 0 Å². The van der Waals surface area contributed by atoms with Crippen molar-refractivity contribution in [2.75, 3.05) is 19.6 Å². The van der Waals surface area contributed by atoms with Crippen molar-refractivity contribution < 1.29 is 4.42 Å². The first kappa shape index (κ1) is 15.5. The summed E-state index contributed by atoms with van der Waals surface area (Å²) < 4.78 is 5.96. The molecule has 2 aromatic rings. The number of halogens is 2. The van der Waals surface area contributed by atoms with Gasteiger partial charge >= 0.3 is 0 Å². The molecule has 3 fully saturated rings. The van der Waals surface area contributed by atoms with Crippen LogP contribution in [0.4, 0.5) is 0 Å². The van der Waals surface area contributed by atoms with Crippen molar-refractivity contribution in [3.05, 3.63) is 46.1 Å². The molecular formula is C18H20Cl2N2O. The molecule has 1 aromatic heterocycles. The molecule has 1 atom stereocenters. The normalized spacial score (nSPS) is 26.6. The number of nitrogens with zero attached hydrogens (tertiary/aromatic N) is 1. The zero-order valence-electron chi connectivity index (χ0n) is 12.9. The number of hydrogen-bond donors (Lipinski definition) is 1. The second-order valence-corrected chi connectivity index (χ2v) is 7.42. The molecule has 122 valence electrons. The lowest BCUT2D eigenvalue weighted by atomic mass is 9.84. The second kappa shape index (κ2) is 6.48. The third-order valence-corrected chi connectivity index (χ3v) is 5.44. The highest BCUT2D eigenvalue weighted by atomic mass is 35.5. The molecule has 0 radical (unpaired) electrons. The lowest BCUT2D eigenvalue weighted by Crippen LogP contribution is -2.55. The summed E-state index contributed by atoms with van der Waals surface area (Å²) in [6.07, 6.45) is 2.64. The standard InChI is InChI=1S/C18H20Cl2N2O/c19-14-7-13(8-15(20)9-14)18-2-1-16(23-18)10-21-17-11-22-5-3-12(17)4-6-22/h1-2,7-9,12,17,21H,3-6,10-11H2. The van der Waals surface area contributed by atoms with E-state index in [1.807, 2.05) is 24.3 Å². The van der Waals surface area contributed by atoms with Gasteiger partial charge in [-0.25, -0.2) is 0 Å². The van der Waals surface area contributed by atoms with E-state index in [4.69, 9.17) is 27.6 Å². The van der Waals surface area contributed by atoms with Crippen molar-refractivity contribution >= 4 is 23.2 Å². The van der Waals surface area contributed by atoms with Crippen molar-refractivity contribution in [2.24, 2.45) is 5.92 Å². The Bertz CT molecular complexity index is 672. The minimum atomic E-state index is 0.590. The van der Waals surface area contributed by atoms with E-state index in [1.165, 1.54) is 32.5 Å². The predicted octanol–water partition coefficient (Wildman–Crippen LogP) is 4.44. The Morgan fingerprint density at radius 2 is 1.83 bits per heavy atom. The van der Waals surface area contributed by atoms with E-state index in [2.05, 4.69) is 10.2 Å². The van der Waals surface area contributed by atoms with E-state index in [9.17, 15) is 0 Å². The highest BCUT2D eigenvalue weighted by Gasteiger charge is 2.33. The minimum Gasteiger partial charge on any atom is -0.460 e. The molecule has 3 saturated heterocycles. The van der Waals surface area contributed by atoms with E-state index in [-0.39, 0.29) is 0 Å². The first-order valence-electron chi connectivity index (χ1n) is 8.18. The van der Waals surface area contributed by atoms with Gasteiger partial charge in [-0.1, -0.05) is 23.2 Å². The van der Waals surface area contributed by atoms with Crippen LogP contribution in [0.15, 0.2) is 34.7 Å². The van der Waals surface area contributed by atoms with Crippen LogP contribution in [0.5, 0.6) is 0 Å². The summed E-state index contributed by atoms with van der Waals surface area (Å²) in [7, 11) is 0. The molecule has 3 aliphatic rings. The number of furan rings is 1. The Kier molecular flexibility index (Phi) is 4.37. The average Bonchev–Trinajstić information content (AvgIpc) is 3.02. The lowest BCUT2D eigenvalue weighted by Gasteiger charge is -2.45. The smallest absolute Gasteiger partial charge is 0.134 e. The molecule has 0 spiro atoms. The van der Waals surface area contributed by atoms with Crippen LogP contribution in [0.2, 0.25) is 10.0 Å². The molecule has 0 amide bonds. The number of benzene rings is 1. The Labute approximate surface area is 146 Å². The largest absolute Gasteiger partial charge is 0.460 e. The third kappa shape index (κ3) is 3.43. The second-order valence-electron chi connectivity index (χ2n) is 6.55. The summed E-state index contributed by atoms with van der Waals surface area (Å²) in [6, 6.07) is 10.1. The van der Waals surface area contributed by atoms with Gasteiger partial charge in [0.25, 0.3) is 0 Å². The predicted molar refractivity (Wildman–Crippen MR) is 94.0 cm³/mol. The highest BCUT2D eigenvalue weighted by molar-refractivity contribution is 6.35. The van der Waals surface area contributed by atoms with Crippen molar-refractivity contribution in [3.8, 4) is 11.3 Å². The molecule has 5 heteroatoms. The van der Waals surface area contributed by atoms with Gasteiger partial charge in [0.1, 0.15) is 11.5 Å². The van der Waals surface area contributed by atoms with Crippen LogP contribution in [-0.4, -0.2) is 30.6 Å². The quantitative estimate of drug-likeness (QED) is 0.883. The van der Waals surface area contributed by atoms with Gasteiger partial charge in [-0.2, -0.15) is 0 Å². The zero-order chi connectivity index (χ0) is 15.8. The molecule has 3 aliphatic heterocycles. The molecule has 2 bridgehead atoms. The first-order chi connectivity index (χ1) is 11.2. The van der Waals surface area contributed by atoms with Gasteiger partial charge in [0.05, 0.1) is 6.54 Å². The summed E-state index contributed by atoms with van der Waals surface area (Å²) in [6.45, 7) is 4.47. The monoisotopic (exact) mass is 350 g/mol. The van der Waals surface area contributed by atoms with Crippen molar-refractivity contribution in [3.63, 3.8) is 0 Å². The fraction of sp³-hybridized carbons (Fsp3) is 0.444. The molecule has 1 unspecified atom stereocenters. The van der Waals surface area contributed by atoms with Crippen molar-refractivity contribution in [2.45, 2.75) is 25.4 Å². The fourth-order valence-corrected chi connectivity index (χ4v) is 4.28. The third-order valence-electron chi connectivity index (χ3n) is 5.00. The number of hydrogen-bond acceptors (Lipinski definition) is 3. The highest BCUT2D eigenvalue weighted by Crippen LogP contribution is 2.30. The molecule has 0 aliphatic carbocycles. The van der Waals surface area contributed by atoms with Gasteiger partial charge in [-0.15, -0.1) is 0 Å². The van der Waals surface area contributed by atoms with Crippen LogP contribution < -0.4 is 5.32 Å². The summed E-state index contributed by atoms with van der Waals surface area (Å²) in [4.78, 5) is 2.55. The SMILES string of the molecule is Clc1cc(Cl)cc(-c2ccc(CNC3CN4CCC3CC4)o2)c1. The van der Waals surface area contributed by atoms with Gasteiger partial charge < -0.3 is 14.6 Å². The fourth-order valence-electron chi connectivity index (χ4n) is 3.75. The van der Waals surface area contributed by atoms with Gasteiger partial charge in [-0.05, 0) is 62.2 Å². The minimum absolute atomic E-state index is 0.590. The van der Waals surface area contributed by atoms with Crippen LogP contribution in [-0.2, 0) is 6.54 Å². The lowest BCUT2D eigenvalue weighted by molar-refractivity contribution is 0.0711. The van der Waals surface area contributed by atoms with Crippen LogP contribution in [0.1, 0.15) is 18.6 Å². The van der Waals surface area contributed by atoms with E-state index < -0.39 is 0 Å². The molecule has 23 heavy (non-hydrogen) atoms. The maximum atomic E-state index is 6.06. The number of rotatable bonds is 4. The van der Waals surface area contributed by atoms with Crippen LogP contribution in [0.25, 0.3) is 11.3 Å². The van der Waals surface area contributed by atoms with Crippen LogP contribution in [0.3, 0.4) is 0 Å². The molecular weight excluding hydrogens is 331 g/mol. The molecule has 0 saturated carbocycles. The van der Waals surface area contributed by atoms with Gasteiger partial charge in [-0.3, -0.25) is 0 Å². The van der Waals surface area contributed by atoms with Gasteiger partial charge in [0.15, 0.2) is 0 Å². The molecule has 4 heterocycles. The summed E-state index contributed by atoms with van der Waals surface area (Å²) in [5.41, 5.74) is 0.914. The molecule has 3 nitrogen and oxygen atoms in total. The van der Waals surface area contributed by atoms with Crippen molar-refractivity contribution in [1.29, 1.82) is 0 Å². The van der Waals surface area contributed by atoms with E-state index in [1.54, 1.807) is 6.07 Å². The summed E-state index contributed by atoms with van der Waals surface area (Å²) in [5, 5.41) is 4.91. The van der Waals surface area contributed by atoms with E-state index in [0.717, 1.165) is 29.5 Å². The Morgan fingerprint density at radius 1 is 1.09 bits per heavy atom. The number of piperidine rings is 3. The average molecular weight is 351 g/mol. The molecule has 1 N–H and O–H groups in total. The zero-order valence-corrected chi connectivity index (χ0v) is 14.4. The summed E-state index contributed by atoms with van der Waals surface area (Å²) in [5.74, 6) is 2.58. The van der Waals surface area contributed by atoms with Crippen LogP contribution >= 0.6 is 23.2 Å². The molecule has 5 rings (SSSR count). The first-order valence-corrected chi connectivity index (χ1v) is 8.94. The Balaban J connectivity index is 1.42. The van der Waals surface area contributed by atoms with Crippen LogP contribution in [0, 0.1) is 5.92 Å². The van der Waals surface area contributed by atoms with E-state index >= 15 is 0 Å². The molecule has 1 aromatic carbocycles. The Hall–Kier alpha value is -1.00. The maximum absolute atomic E-state index is 6.06. The topological polar surface area (TPSA) is 28.4 Å².